The van der Waals surface area contributed by atoms with Gasteiger partial charge in [-0.25, -0.2) is 9.97 Å². The second-order valence-electron chi connectivity index (χ2n) is 6.59. The van der Waals surface area contributed by atoms with Crippen LogP contribution >= 0.6 is 0 Å². The van der Waals surface area contributed by atoms with E-state index < -0.39 is 0 Å². The van der Waals surface area contributed by atoms with Crippen molar-refractivity contribution in [1.82, 2.24) is 19.8 Å². The summed E-state index contributed by atoms with van der Waals surface area (Å²) in [4.78, 5) is 14.9. The molecule has 1 unspecified atom stereocenters. The van der Waals surface area contributed by atoms with Crippen LogP contribution in [-0.4, -0.2) is 59.0 Å². The van der Waals surface area contributed by atoms with Crippen molar-refractivity contribution >= 4 is 5.82 Å². The Bertz CT molecular complexity index is 505. The third-order valence-corrected chi connectivity index (χ3v) is 4.89. The van der Waals surface area contributed by atoms with Crippen molar-refractivity contribution in [2.45, 2.75) is 38.1 Å². The highest BCUT2D eigenvalue weighted by atomic mass is 15.4. The highest BCUT2D eigenvalue weighted by Gasteiger charge is 2.35. The first-order valence-electron chi connectivity index (χ1n) is 8.42. The first-order chi connectivity index (χ1) is 10.3. The molecule has 0 amide bonds. The Labute approximate surface area is 126 Å². The van der Waals surface area contributed by atoms with Crippen LogP contribution in [0.3, 0.4) is 0 Å². The van der Waals surface area contributed by atoms with Crippen molar-refractivity contribution in [3.05, 3.63) is 17.6 Å². The standard InChI is InChI=1S/C16H25N5/c1-2-5-17-15-10-13(12-3-4-12)18-16(19-15)14-11-20-6-8-21(14)9-7-20/h10,12,14H,2-9,11H2,1H3,(H,17,18,19). The summed E-state index contributed by atoms with van der Waals surface area (Å²) in [5.41, 5.74) is 1.26. The van der Waals surface area contributed by atoms with E-state index in [9.17, 15) is 0 Å². The molecule has 21 heavy (non-hydrogen) atoms. The van der Waals surface area contributed by atoms with Crippen molar-refractivity contribution in [3.8, 4) is 0 Å². The van der Waals surface area contributed by atoms with Crippen LogP contribution in [0.5, 0.6) is 0 Å². The number of fused-ring (bicyclic) bond motifs is 3. The lowest BCUT2D eigenvalue weighted by Crippen LogP contribution is -2.57. The normalized spacial score (nSPS) is 31.4. The summed E-state index contributed by atoms with van der Waals surface area (Å²) in [6.07, 6.45) is 3.72. The van der Waals surface area contributed by atoms with Gasteiger partial charge in [-0.2, -0.15) is 0 Å². The Kier molecular flexibility index (Phi) is 3.55. The summed E-state index contributed by atoms with van der Waals surface area (Å²) in [7, 11) is 0. The van der Waals surface area contributed by atoms with Crippen LogP contribution in [-0.2, 0) is 0 Å². The first-order valence-corrected chi connectivity index (χ1v) is 8.42. The number of aromatic nitrogens is 2. The minimum absolute atomic E-state index is 0.397. The molecule has 5 heteroatoms. The molecule has 1 aromatic rings. The number of rotatable bonds is 5. The van der Waals surface area contributed by atoms with Gasteiger partial charge < -0.3 is 5.32 Å². The second kappa shape index (κ2) is 5.54. The lowest BCUT2D eigenvalue weighted by molar-refractivity contribution is 0.00862. The van der Waals surface area contributed by atoms with Gasteiger partial charge in [0.15, 0.2) is 0 Å². The molecular weight excluding hydrogens is 262 g/mol. The Morgan fingerprint density at radius 1 is 1.19 bits per heavy atom. The zero-order valence-corrected chi connectivity index (χ0v) is 12.9. The fourth-order valence-electron chi connectivity index (χ4n) is 3.43. The second-order valence-corrected chi connectivity index (χ2v) is 6.59. The van der Waals surface area contributed by atoms with Gasteiger partial charge in [-0.15, -0.1) is 0 Å². The van der Waals surface area contributed by atoms with E-state index in [1.165, 1.54) is 44.7 Å². The average molecular weight is 287 g/mol. The van der Waals surface area contributed by atoms with Crippen molar-refractivity contribution < 1.29 is 0 Å². The molecule has 4 aliphatic rings. The Morgan fingerprint density at radius 3 is 2.62 bits per heavy atom. The van der Waals surface area contributed by atoms with Crippen LogP contribution in [0, 0.1) is 0 Å². The third kappa shape index (κ3) is 2.77. The SMILES string of the molecule is CCCNc1cc(C2CC2)nc(C2CN3CCN2CC3)n1. The number of nitrogens with zero attached hydrogens (tertiary/aromatic N) is 4. The fourth-order valence-corrected chi connectivity index (χ4v) is 3.43. The van der Waals surface area contributed by atoms with E-state index in [4.69, 9.17) is 9.97 Å². The van der Waals surface area contributed by atoms with Crippen LogP contribution in [0.25, 0.3) is 0 Å². The maximum Gasteiger partial charge on any atom is 0.149 e. The zero-order valence-electron chi connectivity index (χ0n) is 12.9. The predicted molar refractivity (Wildman–Crippen MR) is 83.5 cm³/mol. The molecule has 3 saturated heterocycles. The predicted octanol–water partition coefficient (Wildman–Crippen LogP) is 1.85. The number of nitrogens with one attached hydrogen (secondary N) is 1. The van der Waals surface area contributed by atoms with Gasteiger partial charge in [0.05, 0.1) is 6.04 Å². The van der Waals surface area contributed by atoms with Crippen LogP contribution < -0.4 is 5.32 Å². The van der Waals surface area contributed by atoms with Crippen LogP contribution in [0.4, 0.5) is 5.82 Å². The molecule has 4 fully saturated rings. The van der Waals surface area contributed by atoms with E-state index >= 15 is 0 Å². The molecule has 1 saturated carbocycles. The molecule has 5 rings (SSSR count). The number of anilines is 1. The summed E-state index contributed by atoms with van der Waals surface area (Å²) in [5.74, 6) is 2.76. The van der Waals surface area contributed by atoms with E-state index in [0.29, 0.717) is 12.0 Å². The van der Waals surface area contributed by atoms with Gasteiger partial charge in [0.25, 0.3) is 0 Å². The Morgan fingerprint density at radius 2 is 2.00 bits per heavy atom. The topological polar surface area (TPSA) is 44.3 Å². The number of piperazine rings is 3. The molecule has 0 spiro atoms. The van der Waals surface area contributed by atoms with Gasteiger partial charge in [0, 0.05) is 56.9 Å². The van der Waals surface area contributed by atoms with E-state index in [2.05, 4.69) is 28.1 Å². The summed E-state index contributed by atoms with van der Waals surface area (Å²) in [6.45, 7) is 9.02. The minimum Gasteiger partial charge on any atom is -0.370 e. The molecule has 5 nitrogen and oxygen atoms in total. The molecular formula is C16H25N5. The summed E-state index contributed by atoms with van der Waals surface area (Å²) in [5, 5.41) is 3.46. The van der Waals surface area contributed by atoms with Crippen molar-refractivity contribution in [3.63, 3.8) is 0 Å². The van der Waals surface area contributed by atoms with Crippen LogP contribution in [0.2, 0.25) is 0 Å². The van der Waals surface area contributed by atoms with Gasteiger partial charge in [0.1, 0.15) is 11.6 Å². The molecule has 1 N–H and O–H groups in total. The molecule has 2 bridgehead atoms. The minimum atomic E-state index is 0.397. The van der Waals surface area contributed by atoms with E-state index in [1.54, 1.807) is 0 Å². The molecule has 3 aliphatic heterocycles. The number of hydrogen-bond acceptors (Lipinski definition) is 5. The molecule has 114 valence electrons. The lowest BCUT2D eigenvalue weighted by Gasteiger charge is -2.46. The van der Waals surface area contributed by atoms with Crippen LogP contribution in [0.1, 0.15) is 49.7 Å². The average Bonchev–Trinajstić information content (AvgIpc) is 3.38. The zero-order chi connectivity index (χ0) is 14.2. The van der Waals surface area contributed by atoms with Crippen molar-refractivity contribution in [2.24, 2.45) is 0 Å². The van der Waals surface area contributed by atoms with Gasteiger partial charge in [0.2, 0.25) is 0 Å². The van der Waals surface area contributed by atoms with E-state index in [-0.39, 0.29) is 0 Å². The largest absolute Gasteiger partial charge is 0.370 e. The smallest absolute Gasteiger partial charge is 0.149 e. The van der Waals surface area contributed by atoms with Gasteiger partial charge >= 0.3 is 0 Å². The summed E-state index contributed by atoms with van der Waals surface area (Å²) < 4.78 is 0. The Hall–Kier alpha value is -1.20. The van der Waals surface area contributed by atoms with Crippen LogP contribution in [0.15, 0.2) is 6.07 Å². The highest BCUT2D eigenvalue weighted by molar-refractivity contribution is 5.38. The van der Waals surface area contributed by atoms with Crippen molar-refractivity contribution in [2.75, 3.05) is 44.6 Å². The molecule has 0 aromatic carbocycles. The number of hydrogen-bond donors (Lipinski definition) is 1. The molecule has 1 aromatic heterocycles. The van der Waals surface area contributed by atoms with E-state index in [0.717, 1.165) is 31.2 Å². The van der Waals surface area contributed by atoms with Gasteiger partial charge in [-0.3, -0.25) is 9.80 Å². The monoisotopic (exact) mass is 287 g/mol. The third-order valence-electron chi connectivity index (χ3n) is 4.89. The fraction of sp³-hybridized carbons (Fsp3) is 0.750. The Balaban J connectivity index is 1.62. The van der Waals surface area contributed by atoms with Gasteiger partial charge in [-0.1, -0.05) is 6.92 Å². The van der Waals surface area contributed by atoms with Gasteiger partial charge in [-0.05, 0) is 19.3 Å². The van der Waals surface area contributed by atoms with Crippen molar-refractivity contribution in [1.29, 1.82) is 0 Å². The summed E-state index contributed by atoms with van der Waals surface area (Å²) >= 11 is 0. The summed E-state index contributed by atoms with van der Waals surface area (Å²) in [6, 6.07) is 2.57. The molecule has 1 atom stereocenters. The van der Waals surface area contributed by atoms with E-state index in [1.807, 2.05) is 0 Å². The highest BCUT2D eigenvalue weighted by Crippen LogP contribution is 2.40. The lowest BCUT2D eigenvalue weighted by atomic mass is 10.1. The quantitative estimate of drug-likeness (QED) is 0.895. The molecule has 0 radical (unpaired) electrons. The molecule has 1 aliphatic carbocycles. The maximum absolute atomic E-state index is 4.93. The maximum atomic E-state index is 4.93. The first kappa shape index (κ1) is 13.5. The molecule has 4 heterocycles.